The summed E-state index contributed by atoms with van der Waals surface area (Å²) in [6.45, 7) is 0. The van der Waals surface area contributed by atoms with Crippen LogP contribution in [0.15, 0.2) is 180 Å². The minimum absolute atomic E-state index is 0.163. The Bertz CT molecular complexity index is 1990. The molecular weight excluding hydrogens is 715 g/mol. The smallest absolute Gasteiger partial charge is 0.282 e. The van der Waals surface area contributed by atoms with Crippen molar-refractivity contribution >= 4 is 57.3 Å². The molecule has 51 heavy (non-hydrogen) atoms. The van der Waals surface area contributed by atoms with Crippen molar-refractivity contribution in [3.05, 3.63) is 181 Å². The van der Waals surface area contributed by atoms with Gasteiger partial charge in [-0.15, -0.1) is 0 Å². The van der Waals surface area contributed by atoms with E-state index in [0.29, 0.717) is 12.8 Å². The van der Waals surface area contributed by atoms with E-state index in [9.17, 15) is 25.9 Å². The predicted octanol–water partition coefficient (Wildman–Crippen LogP) is 7.22. The lowest BCUT2D eigenvalue weighted by atomic mass is 9.79. The van der Waals surface area contributed by atoms with Crippen molar-refractivity contribution in [2.45, 2.75) is 22.6 Å². The molecule has 0 amide bonds. The number of rotatable bonds is 14. The summed E-state index contributed by atoms with van der Waals surface area (Å²) in [4.78, 5) is -0.325. The molecule has 0 aliphatic rings. The van der Waals surface area contributed by atoms with Gasteiger partial charge in [0.05, 0.1) is 9.79 Å². The van der Waals surface area contributed by atoms with Gasteiger partial charge in [-0.25, -0.2) is 0 Å². The van der Waals surface area contributed by atoms with Crippen molar-refractivity contribution in [3.63, 3.8) is 0 Å². The van der Waals surface area contributed by atoms with Crippen molar-refractivity contribution in [1.29, 1.82) is 0 Å². The fourth-order valence-corrected chi connectivity index (χ4v) is 13.1. The second kappa shape index (κ2) is 16.1. The predicted molar refractivity (Wildman–Crippen MR) is 210 cm³/mol. The molecule has 0 fully saturated rings. The van der Waals surface area contributed by atoms with Gasteiger partial charge in [0.15, 0.2) is 0 Å². The molecular formula is C41H38O6P2S2. The number of hydrogen-bond donors (Lipinski definition) is 2. The highest BCUT2D eigenvalue weighted by Gasteiger charge is 2.38. The molecule has 0 heterocycles. The maximum atomic E-state index is 12.0. The monoisotopic (exact) mass is 752 g/mol. The third-order valence-corrected chi connectivity index (χ3v) is 16.3. The molecule has 0 unspecified atom stereocenters. The molecule has 260 valence electrons. The Morgan fingerprint density at radius 3 is 0.882 bits per heavy atom. The Morgan fingerprint density at radius 2 is 0.647 bits per heavy atom. The van der Waals surface area contributed by atoms with Gasteiger partial charge in [0.25, 0.3) is 20.2 Å². The fraction of sp³-hybridized carbons (Fsp3) is 0.122. The highest BCUT2D eigenvalue weighted by atomic mass is 32.2. The van der Waals surface area contributed by atoms with Crippen molar-refractivity contribution in [2.75, 3.05) is 12.3 Å². The van der Waals surface area contributed by atoms with Crippen LogP contribution in [-0.4, -0.2) is 38.3 Å². The Labute approximate surface area is 303 Å². The van der Waals surface area contributed by atoms with E-state index >= 15 is 0 Å². The molecule has 0 saturated heterocycles. The lowest BCUT2D eigenvalue weighted by molar-refractivity contribution is 0.376. The topological polar surface area (TPSA) is 109 Å². The zero-order valence-electron chi connectivity index (χ0n) is 27.7. The van der Waals surface area contributed by atoms with Crippen molar-refractivity contribution < 1.29 is 25.9 Å². The third-order valence-electron chi connectivity index (χ3n) is 8.86. The van der Waals surface area contributed by atoms with E-state index < -0.39 is 41.5 Å². The molecule has 6 rings (SSSR count). The lowest BCUT2D eigenvalue weighted by Crippen LogP contribution is -2.38. The number of benzene rings is 6. The van der Waals surface area contributed by atoms with Gasteiger partial charge in [0, 0.05) is 0 Å². The summed E-state index contributed by atoms with van der Waals surface area (Å²) in [6, 6.07) is 55.0. The zero-order chi connectivity index (χ0) is 35.9. The van der Waals surface area contributed by atoms with E-state index in [0.717, 1.165) is 23.5 Å². The SMILES string of the molecule is O=S(=O)(O)c1ccc(CC(Cc2ccc(S(=O)(=O)O)cc2)(CP(c2ccccc2)c2ccccc2)CP(c2ccccc2)c2ccccc2)cc1. The molecule has 0 radical (unpaired) electrons. The highest BCUT2D eigenvalue weighted by Crippen LogP contribution is 2.50. The van der Waals surface area contributed by atoms with Gasteiger partial charge in [0.1, 0.15) is 0 Å². The van der Waals surface area contributed by atoms with Crippen LogP contribution in [0.1, 0.15) is 11.1 Å². The van der Waals surface area contributed by atoms with E-state index in [-0.39, 0.29) is 9.79 Å². The molecule has 6 nitrogen and oxygen atoms in total. The molecule has 0 aliphatic carbocycles. The van der Waals surface area contributed by atoms with Crippen molar-refractivity contribution in [2.24, 2.45) is 5.41 Å². The summed E-state index contributed by atoms with van der Waals surface area (Å²) in [5.41, 5.74) is 1.39. The highest BCUT2D eigenvalue weighted by molar-refractivity contribution is 7.86. The minimum atomic E-state index is -4.37. The summed E-state index contributed by atoms with van der Waals surface area (Å²) in [5, 5.41) is 4.93. The van der Waals surface area contributed by atoms with Crippen LogP contribution < -0.4 is 21.2 Å². The van der Waals surface area contributed by atoms with Gasteiger partial charge < -0.3 is 0 Å². The maximum absolute atomic E-state index is 12.0. The van der Waals surface area contributed by atoms with Crippen LogP contribution in [-0.2, 0) is 33.1 Å². The quantitative estimate of drug-likeness (QED) is 0.0900. The van der Waals surface area contributed by atoms with E-state index in [1.165, 1.54) is 45.5 Å². The second-order valence-electron chi connectivity index (χ2n) is 12.6. The zero-order valence-corrected chi connectivity index (χ0v) is 31.2. The van der Waals surface area contributed by atoms with Crippen molar-refractivity contribution in [3.8, 4) is 0 Å². The van der Waals surface area contributed by atoms with Crippen molar-refractivity contribution in [1.82, 2.24) is 0 Å². The van der Waals surface area contributed by atoms with E-state index in [1.807, 2.05) is 24.3 Å². The van der Waals surface area contributed by atoms with E-state index in [1.54, 1.807) is 24.3 Å². The van der Waals surface area contributed by atoms with Gasteiger partial charge in [-0.2, -0.15) is 16.8 Å². The van der Waals surface area contributed by atoms with Crippen LogP contribution in [0.3, 0.4) is 0 Å². The molecule has 0 bridgehead atoms. The number of hydrogen-bond acceptors (Lipinski definition) is 4. The van der Waals surface area contributed by atoms with Gasteiger partial charge in [-0.05, 0) is 103 Å². The molecule has 6 aromatic rings. The molecule has 0 spiro atoms. The normalized spacial score (nSPS) is 12.3. The minimum Gasteiger partial charge on any atom is -0.282 e. The molecule has 10 heteroatoms. The molecule has 0 aromatic heterocycles. The standard InChI is InChI=1S/C41H38O6P2S2/c42-50(43,44)39-25-21-33(22-26-39)29-41(30-34-23-27-40(28-24-34)51(45,46)47,31-48(35-13-5-1-6-14-35)36-15-7-2-8-16-36)32-49(37-17-9-3-10-18-37)38-19-11-4-12-20-38/h1-28H,29-32H2,(H,42,43,44)(H,45,46,47). The first-order chi connectivity index (χ1) is 24.5. The lowest BCUT2D eigenvalue weighted by Gasteiger charge is -2.41. The fourth-order valence-electron chi connectivity index (χ4n) is 6.53. The first-order valence-corrected chi connectivity index (χ1v) is 22.3. The molecule has 0 saturated carbocycles. The van der Waals surface area contributed by atoms with Gasteiger partial charge in [-0.1, -0.05) is 146 Å². The average Bonchev–Trinajstić information content (AvgIpc) is 3.14. The van der Waals surface area contributed by atoms with Crippen LogP contribution in [0.25, 0.3) is 0 Å². The summed E-state index contributed by atoms with van der Waals surface area (Å²) >= 11 is 0. The molecule has 2 N–H and O–H groups in total. The first-order valence-electron chi connectivity index (χ1n) is 16.4. The molecule has 6 aromatic carbocycles. The second-order valence-corrected chi connectivity index (χ2v) is 19.9. The Balaban J connectivity index is 1.56. The van der Waals surface area contributed by atoms with Gasteiger partial charge in [-0.3, -0.25) is 9.11 Å². The van der Waals surface area contributed by atoms with E-state index in [4.69, 9.17) is 0 Å². The first kappa shape index (κ1) is 36.8. The largest absolute Gasteiger partial charge is 0.294 e. The molecule has 0 aliphatic heterocycles. The summed E-state index contributed by atoms with van der Waals surface area (Å²) < 4.78 is 67.4. The van der Waals surface area contributed by atoms with E-state index in [2.05, 4.69) is 97.1 Å². The Kier molecular flexibility index (Phi) is 11.6. The third kappa shape index (κ3) is 9.66. The Hall–Kier alpha value is -4.00. The summed E-state index contributed by atoms with van der Waals surface area (Å²) in [6.07, 6.45) is 2.70. The summed E-state index contributed by atoms with van der Waals surface area (Å²) in [5.74, 6) is 0. The molecule has 0 atom stereocenters. The van der Waals surface area contributed by atoms with Crippen LogP contribution in [0.4, 0.5) is 0 Å². The van der Waals surface area contributed by atoms with Gasteiger partial charge >= 0.3 is 0 Å². The van der Waals surface area contributed by atoms with Crippen LogP contribution in [0, 0.1) is 5.41 Å². The van der Waals surface area contributed by atoms with Crippen LogP contribution in [0.2, 0.25) is 0 Å². The average molecular weight is 753 g/mol. The van der Waals surface area contributed by atoms with Crippen LogP contribution in [0.5, 0.6) is 0 Å². The maximum Gasteiger partial charge on any atom is 0.294 e. The Morgan fingerprint density at radius 1 is 0.392 bits per heavy atom. The van der Waals surface area contributed by atoms with Gasteiger partial charge in [0.2, 0.25) is 0 Å². The van der Waals surface area contributed by atoms with Crippen LogP contribution >= 0.6 is 15.8 Å². The summed E-state index contributed by atoms with van der Waals surface area (Å²) in [7, 11) is -10.6.